The molecular formula is C10H17N3O2. The molecule has 0 amide bonds. The molecule has 1 unspecified atom stereocenters. The molecule has 84 valence electrons. The van der Waals surface area contributed by atoms with Gasteiger partial charge in [0, 0.05) is 6.54 Å². The Balaban J connectivity index is 1.78. The molecule has 15 heavy (non-hydrogen) atoms. The molecular weight excluding hydrogens is 194 g/mol. The second kappa shape index (κ2) is 4.28. The summed E-state index contributed by atoms with van der Waals surface area (Å²) in [5, 5.41) is 13.5. The zero-order valence-corrected chi connectivity index (χ0v) is 9.18. The quantitative estimate of drug-likeness (QED) is 0.772. The van der Waals surface area contributed by atoms with Crippen LogP contribution in [0.2, 0.25) is 0 Å². The Labute approximate surface area is 89.1 Å². The average molecular weight is 211 g/mol. The summed E-state index contributed by atoms with van der Waals surface area (Å²) < 4.78 is 5.01. The van der Waals surface area contributed by atoms with Crippen molar-refractivity contribution in [3.63, 3.8) is 0 Å². The van der Waals surface area contributed by atoms with Crippen molar-refractivity contribution in [3.05, 3.63) is 11.7 Å². The molecule has 1 heterocycles. The summed E-state index contributed by atoms with van der Waals surface area (Å²) in [7, 11) is 1.95. The lowest BCUT2D eigenvalue weighted by Gasteiger charge is -2.18. The van der Waals surface area contributed by atoms with Crippen LogP contribution in [0.25, 0.3) is 0 Å². The van der Waals surface area contributed by atoms with Crippen LogP contribution >= 0.6 is 0 Å². The number of nitrogens with zero attached hydrogens (tertiary/aromatic N) is 3. The molecule has 5 heteroatoms. The summed E-state index contributed by atoms with van der Waals surface area (Å²) in [6, 6.07) is 0. The van der Waals surface area contributed by atoms with Crippen molar-refractivity contribution in [3.8, 4) is 0 Å². The number of aliphatic hydroxyl groups is 1. The summed E-state index contributed by atoms with van der Waals surface area (Å²) in [6.07, 6.45) is 2.11. The highest BCUT2D eigenvalue weighted by atomic mass is 16.5. The first-order chi connectivity index (χ1) is 7.15. The highest BCUT2D eigenvalue weighted by Crippen LogP contribution is 2.32. The number of aromatic nitrogens is 2. The maximum atomic E-state index is 9.73. The van der Waals surface area contributed by atoms with Gasteiger partial charge in [0.2, 0.25) is 5.89 Å². The molecule has 0 spiro atoms. The molecule has 1 aliphatic rings. The fourth-order valence-corrected chi connectivity index (χ4v) is 1.65. The molecule has 0 aromatic carbocycles. The molecule has 2 rings (SSSR count). The number of hydrogen-bond donors (Lipinski definition) is 1. The number of hydrogen-bond acceptors (Lipinski definition) is 5. The zero-order chi connectivity index (χ0) is 10.8. The Hall–Kier alpha value is -0.940. The maximum Gasteiger partial charge on any atom is 0.240 e. The molecule has 1 aliphatic carbocycles. The molecule has 1 saturated carbocycles. The van der Waals surface area contributed by atoms with Crippen LogP contribution in [0.5, 0.6) is 0 Å². The average Bonchev–Trinajstić information content (AvgIpc) is 2.92. The van der Waals surface area contributed by atoms with Crippen molar-refractivity contribution in [1.82, 2.24) is 15.0 Å². The van der Waals surface area contributed by atoms with E-state index in [0.717, 1.165) is 12.8 Å². The van der Waals surface area contributed by atoms with Crippen LogP contribution in [-0.2, 0) is 6.54 Å². The van der Waals surface area contributed by atoms with Crippen LogP contribution < -0.4 is 0 Å². The van der Waals surface area contributed by atoms with Gasteiger partial charge in [-0.1, -0.05) is 5.16 Å². The van der Waals surface area contributed by atoms with Crippen molar-refractivity contribution in [2.24, 2.45) is 5.92 Å². The first kappa shape index (κ1) is 10.6. The maximum absolute atomic E-state index is 9.73. The van der Waals surface area contributed by atoms with E-state index >= 15 is 0 Å². The van der Waals surface area contributed by atoms with Gasteiger partial charge < -0.3 is 9.63 Å². The van der Waals surface area contributed by atoms with Crippen molar-refractivity contribution in [2.75, 3.05) is 13.6 Å². The minimum atomic E-state index is -0.209. The Bertz CT molecular complexity index is 322. The lowest BCUT2D eigenvalue weighted by Crippen LogP contribution is -2.30. The van der Waals surface area contributed by atoms with Gasteiger partial charge in [0.25, 0.3) is 0 Å². The summed E-state index contributed by atoms with van der Waals surface area (Å²) >= 11 is 0. The van der Waals surface area contributed by atoms with E-state index in [1.807, 2.05) is 11.9 Å². The summed E-state index contributed by atoms with van der Waals surface area (Å²) in [5.74, 6) is 1.77. The molecule has 0 bridgehead atoms. The lowest BCUT2D eigenvalue weighted by atomic mass is 10.2. The van der Waals surface area contributed by atoms with Crippen molar-refractivity contribution in [2.45, 2.75) is 32.4 Å². The van der Waals surface area contributed by atoms with Crippen LogP contribution in [-0.4, -0.2) is 39.8 Å². The Morgan fingerprint density at radius 2 is 2.33 bits per heavy atom. The Kier molecular flexibility index (Phi) is 3.02. The van der Waals surface area contributed by atoms with E-state index in [9.17, 15) is 5.11 Å². The van der Waals surface area contributed by atoms with Gasteiger partial charge in [0.05, 0.1) is 12.6 Å². The van der Waals surface area contributed by atoms with Crippen LogP contribution in [0.3, 0.4) is 0 Å². The number of likely N-dealkylation sites (N-methyl/N-ethyl adjacent to an activating group) is 1. The number of aliphatic hydroxyl groups excluding tert-OH is 1. The molecule has 1 aromatic heterocycles. The van der Waals surface area contributed by atoms with E-state index in [1.165, 1.54) is 0 Å². The van der Waals surface area contributed by atoms with E-state index in [4.69, 9.17) is 4.52 Å². The third-order valence-corrected chi connectivity index (χ3v) is 2.64. The van der Waals surface area contributed by atoms with Gasteiger partial charge in [-0.05, 0) is 32.7 Å². The minimum absolute atomic E-state index is 0.209. The summed E-state index contributed by atoms with van der Waals surface area (Å²) in [4.78, 5) is 6.13. The Morgan fingerprint density at radius 1 is 1.60 bits per heavy atom. The molecule has 1 aromatic rings. The van der Waals surface area contributed by atoms with Gasteiger partial charge >= 0.3 is 0 Å². The van der Waals surface area contributed by atoms with Crippen LogP contribution in [0.1, 0.15) is 24.6 Å². The number of aryl methyl sites for hydroxylation is 1. The fraction of sp³-hybridized carbons (Fsp3) is 0.800. The van der Waals surface area contributed by atoms with Crippen LogP contribution in [0, 0.1) is 12.8 Å². The van der Waals surface area contributed by atoms with Gasteiger partial charge in [0.15, 0.2) is 5.82 Å². The molecule has 1 N–H and O–H groups in total. The monoisotopic (exact) mass is 211 g/mol. The summed E-state index contributed by atoms with van der Waals surface area (Å²) in [5.41, 5.74) is 0. The van der Waals surface area contributed by atoms with Gasteiger partial charge in [-0.2, -0.15) is 4.98 Å². The van der Waals surface area contributed by atoms with Gasteiger partial charge in [-0.15, -0.1) is 0 Å². The first-order valence-electron chi connectivity index (χ1n) is 5.31. The smallest absolute Gasteiger partial charge is 0.240 e. The van der Waals surface area contributed by atoms with E-state index in [0.29, 0.717) is 30.7 Å². The van der Waals surface area contributed by atoms with E-state index in [1.54, 1.807) is 6.92 Å². The van der Waals surface area contributed by atoms with Gasteiger partial charge in [0.1, 0.15) is 0 Å². The van der Waals surface area contributed by atoms with Gasteiger partial charge in [-0.25, -0.2) is 0 Å². The zero-order valence-electron chi connectivity index (χ0n) is 9.18. The van der Waals surface area contributed by atoms with Crippen LogP contribution in [0.15, 0.2) is 4.52 Å². The van der Waals surface area contributed by atoms with Gasteiger partial charge in [-0.3, -0.25) is 4.90 Å². The Morgan fingerprint density at radius 3 is 2.87 bits per heavy atom. The molecule has 1 fully saturated rings. The fourth-order valence-electron chi connectivity index (χ4n) is 1.65. The lowest BCUT2D eigenvalue weighted by molar-refractivity contribution is 0.0992. The van der Waals surface area contributed by atoms with Crippen LogP contribution in [0.4, 0.5) is 0 Å². The standard InChI is InChI=1S/C10H17N3O2/c1-7-11-10(15-12-7)6-13(2)5-9(14)8-3-4-8/h8-9,14H,3-6H2,1-2H3. The second-order valence-electron chi connectivity index (χ2n) is 4.34. The third kappa shape index (κ3) is 3.00. The largest absolute Gasteiger partial charge is 0.392 e. The highest BCUT2D eigenvalue weighted by Gasteiger charge is 2.30. The molecule has 5 nitrogen and oxygen atoms in total. The van der Waals surface area contributed by atoms with E-state index in [2.05, 4.69) is 10.1 Å². The van der Waals surface area contributed by atoms with Crippen molar-refractivity contribution >= 4 is 0 Å². The van der Waals surface area contributed by atoms with Crippen molar-refractivity contribution in [1.29, 1.82) is 0 Å². The summed E-state index contributed by atoms with van der Waals surface area (Å²) in [6.45, 7) is 3.07. The highest BCUT2D eigenvalue weighted by molar-refractivity contribution is 4.85. The second-order valence-corrected chi connectivity index (χ2v) is 4.34. The SMILES string of the molecule is Cc1noc(CN(C)CC(O)C2CC2)n1. The predicted octanol–water partition coefficient (Wildman–Crippen LogP) is 0.581. The topological polar surface area (TPSA) is 62.4 Å². The normalized spacial score (nSPS) is 18.4. The van der Waals surface area contributed by atoms with E-state index < -0.39 is 0 Å². The molecule has 0 saturated heterocycles. The molecule has 0 radical (unpaired) electrons. The third-order valence-electron chi connectivity index (χ3n) is 2.64. The minimum Gasteiger partial charge on any atom is -0.392 e. The molecule has 1 atom stereocenters. The predicted molar refractivity (Wildman–Crippen MR) is 54.1 cm³/mol. The number of rotatable bonds is 5. The molecule has 0 aliphatic heterocycles. The van der Waals surface area contributed by atoms with E-state index in [-0.39, 0.29) is 6.10 Å². The first-order valence-corrected chi connectivity index (χ1v) is 5.31. The van der Waals surface area contributed by atoms with Crippen molar-refractivity contribution < 1.29 is 9.63 Å².